The van der Waals surface area contributed by atoms with Gasteiger partial charge in [-0.3, -0.25) is 24.4 Å². The average Bonchev–Trinajstić information content (AvgIpc) is 2.94. The van der Waals surface area contributed by atoms with E-state index in [1.54, 1.807) is 12.1 Å². The van der Waals surface area contributed by atoms with E-state index in [1.165, 1.54) is 23.9 Å². The number of amides is 3. The molecule has 0 bridgehead atoms. The summed E-state index contributed by atoms with van der Waals surface area (Å²) < 4.78 is 0. The summed E-state index contributed by atoms with van der Waals surface area (Å²) in [6, 6.07) is 1.56. The summed E-state index contributed by atoms with van der Waals surface area (Å²) in [6.45, 7) is 0.435. The summed E-state index contributed by atoms with van der Waals surface area (Å²) >= 11 is 1.43. The number of hydrogen-bond donors (Lipinski definition) is 10. The standard InChI is InChI=1S/C26H44N10O6S/c1-43-13-10-19(24(41)42)35-22(39)18(5-3-12-33-26(30)31)34-23(40)20(14-15-6-8-16(37)9-7-15)36-21(38)17(27)4-2-11-32-25(28)29/h6-9,17-20,37H,2-5,10-14,27H2,1H3,(H,34,40)(H,35,39)(H,36,38)(H,41,42)(H4,28,29,32)(H4,30,31,33). The first-order chi connectivity index (χ1) is 20.3. The molecule has 0 aliphatic rings. The van der Waals surface area contributed by atoms with Gasteiger partial charge in [-0.15, -0.1) is 0 Å². The van der Waals surface area contributed by atoms with Crippen molar-refractivity contribution in [1.82, 2.24) is 16.0 Å². The van der Waals surface area contributed by atoms with Gasteiger partial charge >= 0.3 is 5.97 Å². The van der Waals surface area contributed by atoms with Gasteiger partial charge in [0.1, 0.15) is 23.9 Å². The van der Waals surface area contributed by atoms with Gasteiger partial charge in [0.05, 0.1) is 6.04 Å². The number of nitrogens with two attached hydrogens (primary N) is 5. The maximum Gasteiger partial charge on any atom is 0.326 e. The zero-order chi connectivity index (χ0) is 32.4. The minimum absolute atomic E-state index is 0.00634. The fraction of sp³-hybridized carbons (Fsp3) is 0.538. The molecule has 0 heterocycles. The Labute approximate surface area is 254 Å². The molecule has 240 valence electrons. The molecule has 0 aromatic heterocycles. The van der Waals surface area contributed by atoms with Gasteiger partial charge in [0.15, 0.2) is 11.9 Å². The number of carboxylic acid groups (broad SMARTS) is 1. The van der Waals surface area contributed by atoms with Gasteiger partial charge in [-0.25, -0.2) is 4.79 Å². The minimum Gasteiger partial charge on any atom is -0.508 e. The van der Waals surface area contributed by atoms with Crippen molar-refractivity contribution >= 4 is 47.4 Å². The summed E-state index contributed by atoms with van der Waals surface area (Å²) in [7, 11) is 0. The molecule has 4 unspecified atom stereocenters. The van der Waals surface area contributed by atoms with E-state index in [9.17, 15) is 29.4 Å². The van der Waals surface area contributed by atoms with Crippen molar-refractivity contribution in [2.45, 2.75) is 62.7 Å². The Kier molecular flexibility index (Phi) is 16.9. The number of hydrogen-bond acceptors (Lipinski definition) is 9. The van der Waals surface area contributed by atoms with Crippen molar-refractivity contribution in [3.05, 3.63) is 29.8 Å². The number of benzene rings is 1. The average molecular weight is 625 g/mol. The highest BCUT2D eigenvalue weighted by Crippen LogP contribution is 2.12. The third-order valence-corrected chi connectivity index (χ3v) is 6.76. The first-order valence-electron chi connectivity index (χ1n) is 13.6. The highest BCUT2D eigenvalue weighted by Gasteiger charge is 2.30. The predicted octanol–water partition coefficient (Wildman–Crippen LogP) is -2.34. The number of phenols is 1. The van der Waals surface area contributed by atoms with Crippen LogP contribution < -0.4 is 44.6 Å². The van der Waals surface area contributed by atoms with Gasteiger partial charge in [0.25, 0.3) is 0 Å². The molecule has 0 fully saturated rings. The number of guanidine groups is 2. The van der Waals surface area contributed by atoms with Crippen molar-refractivity contribution in [1.29, 1.82) is 0 Å². The van der Waals surface area contributed by atoms with Crippen LogP contribution in [0.4, 0.5) is 0 Å². The maximum absolute atomic E-state index is 13.5. The Morgan fingerprint density at radius 3 is 1.84 bits per heavy atom. The van der Waals surface area contributed by atoms with Crippen LogP contribution in [0.3, 0.4) is 0 Å². The number of phenolic OH excluding ortho intramolecular Hbond substituents is 1. The molecule has 1 aromatic rings. The van der Waals surface area contributed by atoms with Crippen LogP contribution in [-0.2, 0) is 25.6 Å². The lowest BCUT2D eigenvalue weighted by Crippen LogP contribution is -2.57. The first-order valence-corrected chi connectivity index (χ1v) is 15.0. The second kappa shape index (κ2) is 19.8. The van der Waals surface area contributed by atoms with Crippen LogP contribution in [0.5, 0.6) is 5.75 Å². The summed E-state index contributed by atoms with van der Waals surface area (Å²) in [4.78, 5) is 59.1. The van der Waals surface area contributed by atoms with Crippen LogP contribution in [0.1, 0.15) is 37.7 Å². The van der Waals surface area contributed by atoms with E-state index in [-0.39, 0.29) is 62.9 Å². The Morgan fingerprint density at radius 2 is 1.30 bits per heavy atom. The van der Waals surface area contributed by atoms with E-state index in [0.29, 0.717) is 17.7 Å². The SMILES string of the molecule is CSCCC(NC(=O)C(CCCN=C(N)N)NC(=O)C(Cc1ccc(O)cc1)NC(=O)C(N)CCCN=C(N)N)C(=O)O. The van der Waals surface area contributed by atoms with E-state index in [1.807, 2.05) is 6.26 Å². The van der Waals surface area contributed by atoms with Crippen LogP contribution >= 0.6 is 11.8 Å². The van der Waals surface area contributed by atoms with Crippen LogP contribution in [-0.4, -0.2) is 95.1 Å². The number of nitrogens with zero attached hydrogens (tertiary/aromatic N) is 2. The van der Waals surface area contributed by atoms with Gasteiger partial charge in [-0.2, -0.15) is 11.8 Å². The molecule has 0 saturated carbocycles. The number of aliphatic carboxylic acids is 1. The smallest absolute Gasteiger partial charge is 0.326 e. The topological polar surface area (TPSA) is 300 Å². The lowest BCUT2D eigenvalue weighted by atomic mass is 10.0. The number of carbonyl (C=O) groups is 4. The molecular formula is C26H44N10O6S. The van der Waals surface area contributed by atoms with Crippen LogP contribution in [0, 0.1) is 0 Å². The summed E-state index contributed by atoms with van der Waals surface area (Å²) in [6.07, 6.45) is 3.01. The van der Waals surface area contributed by atoms with E-state index < -0.39 is 47.9 Å². The van der Waals surface area contributed by atoms with E-state index >= 15 is 0 Å². The summed E-state index contributed by atoms with van der Waals surface area (Å²) in [5.74, 6) is -2.95. The molecular weight excluding hydrogens is 580 g/mol. The van der Waals surface area contributed by atoms with Crippen LogP contribution in [0.25, 0.3) is 0 Å². The fourth-order valence-electron chi connectivity index (χ4n) is 3.82. The summed E-state index contributed by atoms with van der Waals surface area (Å²) in [5.41, 5.74) is 28.0. The highest BCUT2D eigenvalue weighted by molar-refractivity contribution is 7.98. The molecule has 4 atom stereocenters. The monoisotopic (exact) mass is 624 g/mol. The van der Waals surface area contributed by atoms with Gasteiger partial charge in [-0.05, 0) is 61.8 Å². The van der Waals surface area contributed by atoms with Crippen LogP contribution in [0.15, 0.2) is 34.3 Å². The number of carboxylic acids is 1. The molecule has 15 N–H and O–H groups in total. The summed E-state index contributed by atoms with van der Waals surface area (Å²) in [5, 5.41) is 26.9. The normalized spacial score (nSPS) is 13.4. The van der Waals surface area contributed by atoms with Crippen molar-refractivity contribution in [3.8, 4) is 5.75 Å². The highest BCUT2D eigenvalue weighted by atomic mass is 32.2. The van der Waals surface area contributed by atoms with Crippen molar-refractivity contribution in [3.63, 3.8) is 0 Å². The van der Waals surface area contributed by atoms with Gasteiger partial charge in [0, 0.05) is 19.5 Å². The molecule has 1 aromatic carbocycles. The van der Waals surface area contributed by atoms with E-state index in [4.69, 9.17) is 28.7 Å². The lowest BCUT2D eigenvalue weighted by molar-refractivity contribution is -0.142. The molecule has 0 spiro atoms. The third kappa shape index (κ3) is 15.5. The van der Waals surface area contributed by atoms with Crippen LogP contribution in [0.2, 0.25) is 0 Å². The third-order valence-electron chi connectivity index (χ3n) is 6.12. The maximum atomic E-state index is 13.5. The molecule has 1 rings (SSSR count). The Hall–Kier alpha value is -4.25. The molecule has 0 aliphatic heterocycles. The van der Waals surface area contributed by atoms with E-state index in [0.717, 1.165) is 0 Å². The van der Waals surface area contributed by atoms with Crippen molar-refractivity contribution in [2.24, 2.45) is 38.7 Å². The molecule has 0 radical (unpaired) electrons. The number of aliphatic imine (C=N–C) groups is 2. The second-order valence-electron chi connectivity index (χ2n) is 9.68. The number of nitrogens with one attached hydrogen (secondary N) is 3. The molecule has 0 aliphatic carbocycles. The van der Waals surface area contributed by atoms with Gasteiger partial charge in [-0.1, -0.05) is 12.1 Å². The quantitative estimate of drug-likeness (QED) is 0.0415. The van der Waals surface area contributed by atoms with Crippen molar-refractivity contribution in [2.75, 3.05) is 25.1 Å². The first kappa shape index (κ1) is 36.8. The minimum atomic E-state index is -1.21. The van der Waals surface area contributed by atoms with Gasteiger partial charge < -0.3 is 54.8 Å². The lowest BCUT2D eigenvalue weighted by Gasteiger charge is -2.25. The number of thioether (sulfide) groups is 1. The second-order valence-corrected chi connectivity index (χ2v) is 10.7. The zero-order valence-electron chi connectivity index (χ0n) is 24.2. The molecule has 17 heteroatoms. The largest absolute Gasteiger partial charge is 0.508 e. The Bertz CT molecular complexity index is 1110. The number of rotatable bonds is 20. The number of aromatic hydroxyl groups is 1. The fourth-order valence-corrected chi connectivity index (χ4v) is 4.29. The number of carbonyl (C=O) groups excluding carboxylic acids is 3. The predicted molar refractivity (Wildman–Crippen MR) is 166 cm³/mol. The van der Waals surface area contributed by atoms with Gasteiger partial charge in [0.2, 0.25) is 17.7 Å². The zero-order valence-corrected chi connectivity index (χ0v) is 25.0. The van der Waals surface area contributed by atoms with Crippen molar-refractivity contribution < 1.29 is 29.4 Å². The molecule has 0 saturated heterocycles. The van der Waals surface area contributed by atoms with E-state index in [2.05, 4.69) is 25.9 Å². The molecule has 43 heavy (non-hydrogen) atoms. The Balaban J connectivity index is 3.14. The molecule has 3 amide bonds. The Morgan fingerprint density at radius 1 is 0.791 bits per heavy atom. The molecule has 16 nitrogen and oxygen atoms in total.